The van der Waals surface area contributed by atoms with Gasteiger partial charge in [-0.05, 0) is 36.8 Å². The molecule has 0 radical (unpaired) electrons. The third-order valence-electron chi connectivity index (χ3n) is 5.14. The number of amides is 1. The first kappa shape index (κ1) is 20.8. The van der Waals surface area contributed by atoms with Crippen LogP contribution in [0.5, 0.6) is 5.88 Å². The normalized spacial score (nSPS) is 15.5. The second-order valence-electron chi connectivity index (χ2n) is 7.41. The minimum Gasteiger partial charge on any atom is -0.472 e. The number of nitrogens with zero attached hydrogens (tertiary/aromatic N) is 4. The molecule has 1 aliphatic heterocycles. The maximum atomic E-state index is 11.8. The van der Waals surface area contributed by atoms with Gasteiger partial charge in [-0.3, -0.25) is 5.32 Å². The fraction of sp³-hybridized carbons (Fsp3) is 0.261. The van der Waals surface area contributed by atoms with Crippen LogP contribution in [-0.2, 0) is 9.47 Å². The highest BCUT2D eigenvalue weighted by molar-refractivity contribution is 5.96. The summed E-state index contributed by atoms with van der Waals surface area (Å²) in [5.41, 5.74) is 3.85. The molecule has 2 N–H and O–H groups in total. The van der Waals surface area contributed by atoms with E-state index in [0.717, 1.165) is 23.1 Å². The number of nitrogens with one attached hydrogen (secondary N) is 2. The van der Waals surface area contributed by atoms with Crippen molar-refractivity contribution in [3.05, 3.63) is 48.9 Å². The number of carbonyl (C=O) groups is 1. The summed E-state index contributed by atoms with van der Waals surface area (Å²) in [4.78, 5) is 32.7. The molecule has 33 heavy (non-hydrogen) atoms. The Hall–Kier alpha value is -4.05. The van der Waals surface area contributed by atoms with Gasteiger partial charge in [-0.25, -0.2) is 24.7 Å². The Morgan fingerprint density at radius 1 is 1.21 bits per heavy atom. The van der Waals surface area contributed by atoms with Crippen LogP contribution in [0.1, 0.15) is 13.3 Å². The lowest BCUT2D eigenvalue weighted by molar-refractivity contribution is 0.138. The van der Waals surface area contributed by atoms with E-state index in [9.17, 15) is 4.79 Å². The monoisotopic (exact) mass is 446 g/mol. The minimum atomic E-state index is -0.582. The van der Waals surface area contributed by atoms with Crippen LogP contribution in [0.4, 0.5) is 10.7 Å². The van der Waals surface area contributed by atoms with Crippen LogP contribution in [0.15, 0.2) is 48.9 Å². The molecule has 0 spiro atoms. The van der Waals surface area contributed by atoms with Gasteiger partial charge >= 0.3 is 6.09 Å². The van der Waals surface area contributed by atoms with E-state index in [1.165, 1.54) is 0 Å². The zero-order chi connectivity index (χ0) is 22.6. The number of pyridine rings is 1. The predicted octanol–water partition coefficient (Wildman–Crippen LogP) is 3.82. The van der Waals surface area contributed by atoms with Crippen molar-refractivity contribution in [2.24, 2.45) is 0 Å². The SMILES string of the molecule is CCOC(=O)Nc1nc2cc(-c3ccc(OC4CCOC4)nc3)cc(-c3ncccn3)c2[nH]1. The summed E-state index contributed by atoms with van der Waals surface area (Å²) in [5.74, 6) is 1.37. The number of carbonyl (C=O) groups excluding carboxylic acids is 1. The molecule has 3 aromatic heterocycles. The smallest absolute Gasteiger partial charge is 0.413 e. The standard InChI is InChI=1S/C23H22N6O4/c1-2-32-23(30)29-22-27-18-11-15(10-17(20(18)28-22)21-24-7-3-8-25-21)14-4-5-19(26-12-14)33-16-6-9-31-13-16/h3-5,7-8,10-12,16H,2,6,9,13H2,1H3,(H2,27,28,29,30). The average molecular weight is 446 g/mol. The van der Waals surface area contributed by atoms with Crippen LogP contribution in [0.25, 0.3) is 33.5 Å². The Morgan fingerprint density at radius 3 is 2.82 bits per heavy atom. The number of H-pyrrole nitrogens is 1. The highest BCUT2D eigenvalue weighted by atomic mass is 16.6. The molecule has 5 rings (SSSR count). The van der Waals surface area contributed by atoms with E-state index in [-0.39, 0.29) is 18.7 Å². The molecule has 0 bridgehead atoms. The Bertz CT molecular complexity index is 1250. The van der Waals surface area contributed by atoms with Gasteiger partial charge in [-0.2, -0.15) is 0 Å². The fourth-order valence-electron chi connectivity index (χ4n) is 3.61. The average Bonchev–Trinajstić information content (AvgIpc) is 3.49. The molecule has 1 unspecified atom stereocenters. The molecule has 1 aromatic carbocycles. The van der Waals surface area contributed by atoms with E-state index < -0.39 is 6.09 Å². The van der Waals surface area contributed by atoms with Crippen molar-refractivity contribution in [3.8, 4) is 28.4 Å². The molecule has 4 heterocycles. The highest BCUT2D eigenvalue weighted by Crippen LogP contribution is 2.32. The zero-order valence-corrected chi connectivity index (χ0v) is 17.9. The van der Waals surface area contributed by atoms with Gasteiger partial charge in [0, 0.05) is 42.2 Å². The van der Waals surface area contributed by atoms with Gasteiger partial charge in [-0.15, -0.1) is 0 Å². The number of benzene rings is 1. The summed E-state index contributed by atoms with van der Waals surface area (Å²) in [6.45, 7) is 3.30. The lowest BCUT2D eigenvalue weighted by Gasteiger charge is -2.11. The molecule has 0 saturated carbocycles. The number of hydrogen-bond acceptors (Lipinski definition) is 8. The number of ether oxygens (including phenoxy) is 3. The number of aromatic amines is 1. The minimum absolute atomic E-state index is 0.0379. The van der Waals surface area contributed by atoms with E-state index >= 15 is 0 Å². The number of aromatic nitrogens is 5. The van der Waals surface area contributed by atoms with E-state index in [2.05, 4.69) is 30.2 Å². The highest BCUT2D eigenvalue weighted by Gasteiger charge is 2.18. The van der Waals surface area contributed by atoms with Gasteiger partial charge in [-0.1, -0.05) is 0 Å². The maximum Gasteiger partial charge on any atom is 0.413 e. The molecule has 168 valence electrons. The quantitative estimate of drug-likeness (QED) is 0.458. The summed E-state index contributed by atoms with van der Waals surface area (Å²) in [7, 11) is 0. The van der Waals surface area contributed by atoms with Crippen LogP contribution in [-0.4, -0.2) is 56.9 Å². The van der Waals surface area contributed by atoms with Gasteiger partial charge in [0.15, 0.2) is 5.82 Å². The number of hydrogen-bond donors (Lipinski definition) is 2. The molecule has 1 amide bonds. The summed E-state index contributed by atoms with van der Waals surface area (Å²) >= 11 is 0. The maximum absolute atomic E-state index is 11.8. The van der Waals surface area contributed by atoms with E-state index in [0.29, 0.717) is 36.0 Å². The number of anilines is 1. The Kier molecular flexibility index (Phi) is 5.81. The second-order valence-corrected chi connectivity index (χ2v) is 7.41. The summed E-state index contributed by atoms with van der Waals surface area (Å²) < 4.78 is 16.2. The van der Waals surface area contributed by atoms with Crippen LogP contribution in [0, 0.1) is 0 Å². The first-order valence-corrected chi connectivity index (χ1v) is 10.7. The van der Waals surface area contributed by atoms with Crippen molar-refractivity contribution in [2.45, 2.75) is 19.4 Å². The van der Waals surface area contributed by atoms with E-state index in [1.54, 1.807) is 31.6 Å². The second kappa shape index (κ2) is 9.21. The van der Waals surface area contributed by atoms with Gasteiger partial charge in [0.1, 0.15) is 6.10 Å². The van der Waals surface area contributed by atoms with Crippen LogP contribution in [0.3, 0.4) is 0 Å². The van der Waals surface area contributed by atoms with Crippen molar-refractivity contribution < 1.29 is 19.0 Å². The molecular formula is C23H22N6O4. The summed E-state index contributed by atoms with van der Waals surface area (Å²) in [5, 5.41) is 2.60. The Labute approximate surface area is 189 Å². The molecule has 4 aromatic rings. The molecular weight excluding hydrogens is 424 g/mol. The molecule has 1 atom stereocenters. The van der Waals surface area contributed by atoms with Crippen LogP contribution in [0.2, 0.25) is 0 Å². The van der Waals surface area contributed by atoms with Crippen molar-refractivity contribution in [3.63, 3.8) is 0 Å². The molecule has 1 aliphatic rings. The number of imidazole rings is 1. The molecule has 0 aliphatic carbocycles. The van der Waals surface area contributed by atoms with Gasteiger partial charge in [0.2, 0.25) is 11.8 Å². The third kappa shape index (κ3) is 4.60. The zero-order valence-electron chi connectivity index (χ0n) is 17.9. The van der Waals surface area contributed by atoms with Crippen molar-refractivity contribution in [2.75, 3.05) is 25.1 Å². The number of fused-ring (bicyclic) bond motifs is 1. The topological polar surface area (TPSA) is 124 Å². The van der Waals surface area contributed by atoms with E-state index in [1.807, 2.05) is 24.3 Å². The Balaban J connectivity index is 1.51. The first-order valence-electron chi connectivity index (χ1n) is 10.7. The van der Waals surface area contributed by atoms with Gasteiger partial charge < -0.3 is 19.2 Å². The van der Waals surface area contributed by atoms with Crippen molar-refractivity contribution in [1.29, 1.82) is 0 Å². The van der Waals surface area contributed by atoms with Crippen LogP contribution < -0.4 is 10.1 Å². The van der Waals surface area contributed by atoms with Crippen molar-refractivity contribution in [1.82, 2.24) is 24.9 Å². The lowest BCUT2D eigenvalue weighted by Crippen LogP contribution is -2.16. The van der Waals surface area contributed by atoms with E-state index in [4.69, 9.17) is 14.2 Å². The molecule has 10 heteroatoms. The number of rotatable bonds is 6. The van der Waals surface area contributed by atoms with Crippen LogP contribution >= 0.6 is 0 Å². The molecule has 1 fully saturated rings. The molecule has 1 saturated heterocycles. The Morgan fingerprint density at radius 2 is 2.09 bits per heavy atom. The summed E-state index contributed by atoms with van der Waals surface area (Å²) in [6, 6.07) is 9.42. The van der Waals surface area contributed by atoms with Gasteiger partial charge in [0.25, 0.3) is 0 Å². The van der Waals surface area contributed by atoms with Gasteiger partial charge in [0.05, 0.1) is 30.9 Å². The molecule has 10 nitrogen and oxygen atoms in total. The predicted molar refractivity (Wildman–Crippen MR) is 121 cm³/mol. The largest absolute Gasteiger partial charge is 0.472 e. The third-order valence-corrected chi connectivity index (χ3v) is 5.14. The van der Waals surface area contributed by atoms with Crippen molar-refractivity contribution >= 4 is 23.1 Å². The fourth-order valence-corrected chi connectivity index (χ4v) is 3.61. The summed E-state index contributed by atoms with van der Waals surface area (Å²) in [6.07, 6.45) is 5.43. The lowest BCUT2D eigenvalue weighted by atomic mass is 10.0. The first-order chi connectivity index (χ1) is 16.2.